The minimum absolute atomic E-state index is 0.282. The van der Waals surface area contributed by atoms with Crippen molar-refractivity contribution in [1.29, 1.82) is 0 Å². The fourth-order valence-corrected chi connectivity index (χ4v) is 2.79. The summed E-state index contributed by atoms with van der Waals surface area (Å²) in [5.74, 6) is 0.982. The number of aliphatic hydroxyl groups is 1. The molecule has 0 saturated carbocycles. The number of aliphatic hydroxyl groups excluding tert-OH is 1. The van der Waals surface area contributed by atoms with Crippen molar-refractivity contribution in [2.45, 2.75) is 12.8 Å². The highest BCUT2D eigenvalue weighted by molar-refractivity contribution is 5.77. The largest absolute Gasteiger partial charge is 0.396 e. The molecule has 0 atom stereocenters. The topological polar surface area (TPSA) is 55.4 Å². The summed E-state index contributed by atoms with van der Waals surface area (Å²) in [7, 11) is 0. The summed E-state index contributed by atoms with van der Waals surface area (Å²) in [6, 6.07) is 8.16. The molecule has 2 N–H and O–H groups in total. The molecule has 0 aliphatic carbocycles. The van der Waals surface area contributed by atoms with E-state index in [9.17, 15) is 0 Å². The van der Waals surface area contributed by atoms with Crippen molar-refractivity contribution < 1.29 is 5.11 Å². The molecule has 0 bridgehead atoms. The highest BCUT2D eigenvalue weighted by atomic mass is 16.3. The number of anilines is 1. The number of rotatable bonds is 4. The van der Waals surface area contributed by atoms with Crippen LogP contribution in [0.5, 0.6) is 0 Å². The van der Waals surface area contributed by atoms with Crippen LogP contribution in [0.15, 0.2) is 24.3 Å². The van der Waals surface area contributed by atoms with Gasteiger partial charge in [-0.25, -0.2) is 4.98 Å². The first-order chi connectivity index (χ1) is 9.86. The van der Waals surface area contributed by atoms with Crippen molar-refractivity contribution in [1.82, 2.24) is 14.9 Å². The summed E-state index contributed by atoms with van der Waals surface area (Å²) in [5, 5.41) is 8.93. The first-order valence-electron chi connectivity index (χ1n) is 7.40. The number of hydrogen-bond acceptors (Lipinski definition) is 4. The Morgan fingerprint density at radius 3 is 2.90 bits per heavy atom. The molecule has 0 unspecified atom stereocenters. The molecule has 1 aliphatic rings. The lowest BCUT2D eigenvalue weighted by molar-refractivity contribution is 0.232. The molecule has 1 aromatic heterocycles. The number of aromatic amines is 1. The molecule has 108 valence electrons. The van der Waals surface area contributed by atoms with Crippen molar-refractivity contribution in [3.63, 3.8) is 0 Å². The monoisotopic (exact) mass is 274 g/mol. The molecule has 0 amide bonds. The zero-order valence-corrected chi connectivity index (χ0v) is 11.8. The molecule has 1 aromatic carbocycles. The average Bonchev–Trinajstić information content (AvgIpc) is 2.76. The van der Waals surface area contributed by atoms with Crippen LogP contribution in [0, 0.1) is 0 Å². The van der Waals surface area contributed by atoms with Crippen LogP contribution in [0.3, 0.4) is 0 Å². The van der Waals surface area contributed by atoms with Gasteiger partial charge in [-0.2, -0.15) is 0 Å². The van der Waals surface area contributed by atoms with Gasteiger partial charge >= 0.3 is 0 Å². The van der Waals surface area contributed by atoms with Crippen molar-refractivity contribution in [2.24, 2.45) is 0 Å². The van der Waals surface area contributed by atoms with E-state index in [-0.39, 0.29) is 6.61 Å². The fraction of sp³-hybridized carbons (Fsp3) is 0.533. The molecule has 0 radical (unpaired) electrons. The molecule has 0 spiro atoms. The van der Waals surface area contributed by atoms with Gasteiger partial charge in [0, 0.05) is 32.8 Å². The van der Waals surface area contributed by atoms with Gasteiger partial charge in [-0.15, -0.1) is 0 Å². The van der Waals surface area contributed by atoms with Crippen LogP contribution in [0.2, 0.25) is 0 Å². The average molecular weight is 274 g/mol. The number of H-pyrrole nitrogens is 1. The van der Waals surface area contributed by atoms with Gasteiger partial charge in [0.1, 0.15) is 0 Å². The highest BCUT2D eigenvalue weighted by Gasteiger charge is 2.17. The van der Waals surface area contributed by atoms with Gasteiger partial charge in [-0.05, 0) is 31.5 Å². The predicted molar refractivity (Wildman–Crippen MR) is 81.1 cm³/mol. The number of hydrogen-bond donors (Lipinski definition) is 2. The molecular formula is C15H22N4O. The van der Waals surface area contributed by atoms with Gasteiger partial charge in [0.25, 0.3) is 0 Å². The standard InChI is InChI=1S/C15H22N4O/c20-12-4-8-18-7-3-9-19(11-10-18)15-16-13-5-1-2-6-14(13)17-15/h1-2,5-6,20H,3-4,7-12H2,(H,16,17). The second-order valence-electron chi connectivity index (χ2n) is 5.34. The van der Waals surface area contributed by atoms with Crippen molar-refractivity contribution >= 4 is 17.0 Å². The Labute approximate surface area is 119 Å². The third kappa shape index (κ3) is 2.94. The Hall–Kier alpha value is -1.59. The van der Waals surface area contributed by atoms with Crippen LogP contribution >= 0.6 is 0 Å². The molecule has 5 heteroatoms. The maximum absolute atomic E-state index is 8.93. The predicted octanol–water partition coefficient (Wildman–Crippen LogP) is 1.46. The maximum Gasteiger partial charge on any atom is 0.203 e. The second kappa shape index (κ2) is 6.24. The Morgan fingerprint density at radius 1 is 1.15 bits per heavy atom. The van der Waals surface area contributed by atoms with E-state index in [1.165, 1.54) is 0 Å². The van der Waals surface area contributed by atoms with Gasteiger partial charge in [-0.1, -0.05) is 12.1 Å². The number of benzene rings is 1. The van der Waals surface area contributed by atoms with E-state index in [4.69, 9.17) is 5.11 Å². The van der Waals surface area contributed by atoms with E-state index < -0.39 is 0 Å². The molecule has 20 heavy (non-hydrogen) atoms. The van der Waals surface area contributed by atoms with Gasteiger partial charge in [0.2, 0.25) is 5.95 Å². The molecule has 2 aromatic rings. The van der Waals surface area contributed by atoms with E-state index in [1.807, 2.05) is 18.2 Å². The molecule has 5 nitrogen and oxygen atoms in total. The van der Waals surface area contributed by atoms with Gasteiger partial charge in [-0.3, -0.25) is 0 Å². The van der Waals surface area contributed by atoms with Crippen LogP contribution in [-0.2, 0) is 0 Å². The number of nitrogens with one attached hydrogen (secondary N) is 1. The Bertz CT molecular complexity index is 521. The minimum Gasteiger partial charge on any atom is -0.396 e. The zero-order valence-electron chi connectivity index (χ0n) is 11.8. The third-order valence-electron chi connectivity index (χ3n) is 3.90. The van der Waals surface area contributed by atoms with E-state index in [0.717, 1.165) is 62.5 Å². The summed E-state index contributed by atoms with van der Waals surface area (Å²) in [6.07, 6.45) is 2.01. The molecule has 1 aliphatic heterocycles. The second-order valence-corrected chi connectivity index (χ2v) is 5.34. The van der Waals surface area contributed by atoms with Gasteiger partial charge < -0.3 is 19.9 Å². The lowest BCUT2D eigenvalue weighted by Crippen LogP contribution is -2.32. The Morgan fingerprint density at radius 2 is 2.05 bits per heavy atom. The first-order valence-corrected chi connectivity index (χ1v) is 7.40. The maximum atomic E-state index is 8.93. The number of nitrogens with zero attached hydrogens (tertiary/aromatic N) is 3. The van der Waals surface area contributed by atoms with Crippen molar-refractivity contribution in [2.75, 3.05) is 44.2 Å². The summed E-state index contributed by atoms with van der Waals surface area (Å²) >= 11 is 0. The lowest BCUT2D eigenvalue weighted by atomic mass is 10.3. The summed E-state index contributed by atoms with van der Waals surface area (Å²) in [6.45, 7) is 5.45. The zero-order chi connectivity index (χ0) is 13.8. The SMILES string of the molecule is OCCCN1CCCN(c2nc3ccccc3[nH]2)CC1. The van der Waals surface area contributed by atoms with E-state index in [1.54, 1.807) is 0 Å². The number of aromatic nitrogens is 2. The van der Waals surface area contributed by atoms with Crippen LogP contribution in [0.4, 0.5) is 5.95 Å². The summed E-state index contributed by atoms with van der Waals surface area (Å²) in [4.78, 5) is 12.8. The summed E-state index contributed by atoms with van der Waals surface area (Å²) < 4.78 is 0. The number of imidazole rings is 1. The molecular weight excluding hydrogens is 252 g/mol. The quantitative estimate of drug-likeness (QED) is 0.886. The normalized spacial score (nSPS) is 17.6. The fourth-order valence-electron chi connectivity index (χ4n) is 2.79. The van der Waals surface area contributed by atoms with Crippen LogP contribution in [0.1, 0.15) is 12.8 Å². The Balaban J connectivity index is 1.68. The lowest BCUT2D eigenvalue weighted by Gasteiger charge is -2.21. The van der Waals surface area contributed by atoms with Crippen LogP contribution in [-0.4, -0.2) is 59.3 Å². The first kappa shape index (κ1) is 13.4. The highest BCUT2D eigenvalue weighted by Crippen LogP contribution is 2.18. The van der Waals surface area contributed by atoms with Gasteiger partial charge in [0.05, 0.1) is 11.0 Å². The number of fused-ring (bicyclic) bond motifs is 1. The van der Waals surface area contributed by atoms with Crippen molar-refractivity contribution in [3.05, 3.63) is 24.3 Å². The van der Waals surface area contributed by atoms with E-state index in [0.29, 0.717) is 0 Å². The molecule has 2 heterocycles. The minimum atomic E-state index is 0.282. The van der Waals surface area contributed by atoms with Crippen LogP contribution < -0.4 is 4.90 Å². The molecule has 1 saturated heterocycles. The number of para-hydroxylation sites is 2. The Kier molecular flexibility index (Phi) is 4.18. The van der Waals surface area contributed by atoms with Crippen molar-refractivity contribution in [3.8, 4) is 0 Å². The molecule has 3 rings (SSSR count). The van der Waals surface area contributed by atoms with Gasteiger partial charge in [0.15, 0.2) is 0 Å². The van der Waals surface area contributed by atoms with Crippen LogP contribution in [0.25, 0.3) is 11.0 Å². The molecule has 1 fully saturated rings. The summed E-state index contributed by atoms with van der Waals surface area (Å²) in [5.41, 5.74) is 2.13. The van der Waals surface area contributed by atoms with E-state index >= 15 is 0 Å². The van der Waals surface area contributed by atoms with E-state index in [2.05, 4.69) is 25.8 Å². The smallest absolute Gasteiger partial charge is 0.203 e. The third-order valence-corrected chi connectivity index (χ3v) is 3.90.